The topological polar surface area (TPSA) is 137 Å². The number of hydrogen-bond donors (Lipinski definition) is 4. The SMILES string of the molecule is CN(C)C/C=C/C(=O)Nc1ccc(C(=O)Nc2cccc(Nc3nc(Oc4cnc5[nH]ccc5c4)c4sccc4n3)c2)cc1. The molecule has 0 saturated heterocycles. The summed E-state index contributed by atoms with van der Waals surface area (Å²) in [6, 6.07) is 19.7. The maximum atomic E-state index is 12.9. The first-order valence-electron chi connectivity index (χ1n) is 13.7. The van der Waals surface area contributed by atoms with E-state index in [1.165, 1.54) is 17.4 Å². The first-order valence-corrected chi connectivity index (χ1v) is 14.5. The number of fused-ring (bicyclic) bond motifs is 2. The highest BCUT2D eigenvalue weighted by Crippen LogP contribution is 2.33. The van der Waals surface area contributed by atoms with Crippen LogP contribution < -0.4 is 20.7 Å². The number of benzene rings is 2. The van der Waals surface area contributed by atoms with Gasteiger partial charge in [-0.3, -0.25) is 9.59 Å². The fraction of sp³-hybridized carbons (Fsp3) is 0.0938. The fourth-order valence-corrected chi connectivity index (χ4v) is 5.07. The van der Waals surface area contributed by atoms with Crippen molar-refractivity contribution >= 4 is 67.4 Å². The van der Waals surface area contributed by atoms with E-state index in [9.17, 15) is 9.59 Å². The number of hydrogen-bond acceptors (Lipinski definition) is 9. The maximum absolute atomic E-state index is 12.9. The molecule has 0 bridgehead atoms. The molecule has 0 fully saturated rings. The molecule has 0 atom stereocenters. The summed E-state index contributed by atoms with van der Waals surface area (Å²) in [5, 5.41) is 11.8. The molecule has 6 aromatic rings. The van der Waals surface area contributed by atoms with Crippen LogP contribution in [0.25, 0.3) is 21.3 Å². The Labute approximate surface area is 256 Å². The molecule has 44 heavy (non-hydrogen) atoms. The molecule has 220 valence electrons. The van der Waals surface area contributed by atoms with E-state index in [0.717, 1.165) is 21.3 Å². The van der Waals surface area contributed by atoms with Gasteiger partial charge in [-0.2, -0.15) is 4.98 Å². The van der Waals surface area contributed by atoms with Crippen LogP contribution in [0.1, 0.15) is 10.4 Å². The molecule has 0 aliphatic heterocycles. The summed E-state index contributed by atoms with van der Waals surface area (Å²) < 4.78 is 6.96. The summed E-state index contributed by atoms with van der Waals surface area (Å²) in [7, 11) is 3.85. The predicted octanol–water partition coefficient (Wildman–Crippen LogP) is 6.41. The minimum Gasteiger partial charge on any atom is -0.436 e. The van der Waals surface area contributed by atoms with E-state index in [4.69, 9.17) is 4.74 Å². The number of nitrogens with one attached hydrogen (secondary N) is 4. The summed E-state index contributed by atoms with van der Waals surface area (Å²) in [5.74, 6) is 0.806. The second-order valence-corrected chi connectivity index (χ2v) is 11.0. The Hall–Kier alpha value is -5.59. The van der Waals surface area contributed by atoms with Crippen LogP contribution in [0, 0.1) is 0 Å². The van der Waals surface area contributed by atoms with Crippen molar-refractivity contribution in [2.45, 2.75) is 0 Å². The Balaban J connectivity index is 1.12. The lowest BCUT2D eigenvalue weighted by molar-refractivity contribution is -0.111. The van der Waals surface area contributed by atoms with Gasteiger partial charge in [0, 0.05) is 46.8 Å². The summed E-state index contributed by atoms with van der Waals surface area (Å²) in [6.45, 7) is 0.666. The third-order valence-electron chi connectivity index (χ3n) is 6.39. The Morgan fingerprint density at radius 3 is 2.66 bits per heavy atom. The number of likely N-dealkylation sites (N-methyl/N-ethyl adjacent to an activating group) is 1. The van der Waals surface area contributed by atoms with Gasteiger partial charge in [-0.1, -0.05) is 12.1 Å². The van der Waals surface area contributed by atoms with Gasteiger partial charge in [-0.25, -0.2) is 9.97 Å². The molecule has 12 heteroatoms. The highest BCUT2D eigenvalue weighted by atomic mass is 32.1. The normalized spacial score (nSPS) is 11.3. The van der Waals surface area contributed by atoms with Gasteiger partial charge in [-0.05, 0) is 80.1 Å². The number of amides is 2. The van der Waals surface area contributed by atoms with Crippen LogP contribution in [-0.4, -0.2) is 57.3 Å². The molecular formula is C32H28N8O3S. The van der Waals surface area contributed by atoms with E-state index < -0.39 is 0 Å². The number of aromatic amines is 1. The number of nitrogens with zero attached hydrogens (tertiary/aromatic N) is 4. The molecule has 4 heterocycles. The van der Waals surface area contributed by atoms with Gasteiger partial charge in [0.25, 0.3) is 5.91 Å². The minimum absolute atomic E-state index is 0.232. The van der Waals surface area contributed by atoms with E-state index in [0.29, 0.717) is 46.7 Å². The van der Waals surface area contributed by atoms with Crippen LogP contribution in [0.15, 0.2) is 96.7 Å². The lowest BCUT2D eigenvalue weighted by Crippen LogP contribution is -2.13. The summed E-state index contributed by atoms with van der Waals surface area (Å²) in [4.78, 5) is 43.7. The molecule has 0 unspecified atom stereocenters. The van der Waals surface area contributed by atoms with Gasteiger partial charge in [-0.15, -0.1) is 11.3 Å². The number of pyridine rings is 1. The van der Waals surface area contributed by atoms with Crippen LogP contribution in [0.3, 0.4) is 0 Å². The number of aromatic nitrogens is 4. The second-order valence-electron chi connectivity index (χ2n) is 10.1. The lowest BCUT2D eigenvalue weighted by Gasteiger charge is -2.11. The van der Waals surface area contributed by atoms with Crippen molar-refractivity contribution in [3.8, 4) is 11.6 Å². The van der Waals surface area contributed by atoms with Crippen molar-refractivity contribution in [3.63, 3.8) is 0 Å². The average molecular weight is 605 g/mol. The molecule has 2 amide bonds. The first-order chi connectivity index (χ1) is 21.4. The molecular weight excluding hydrogens is 576 g/mol. The Kier molecular flexibility index (Phi) is 8.25. The van der Waals surface area contributed by atoms with Gasteiger partial charge in [0.1, 0.15) is 16.1 Å². The molecule has 6 rings (SSSR count). The molecule has 11 nitrogen and oxygen atoms in total. The van der Waals surface area contributed by atoms with E-state index in [2.05, 4.69) is 35.9 Å². The van der Waals surface area contributed by atoms with Gasteiger partial charge >= 0.3 is 0 Å². The van der Waals surface area contributed by atoms with E-state index in [1.807, 2.05) is 60.9 Å². The Morgan fingerprint density at radius 1 is 0.977 bits per heavy atom. The molecule has 0 saturated carbocycles. The van der Waals surface area contributed by atoms with Crippen LogP contribution in [0.2, 0.25) is 0 Å². The Bertz CT molecular complexity index is 1980. The van der Waals surface area contributed by atoms with Crippen molar-refractivity contribution < 1.29 is 14.3 Å². The molecule has 0 radical (unpaired) electrons. The van der Waals surface area contributed by atoms with Gasteiger partial charge in [0.15, 0.2) is 0 Å². The molecule has 2 aromatic carbocycles. The van der Waals surface area contributed by atoms with Crippen LogP contribution in [0.5, 0.6) is 11.6 Å². The van der Waals surface area contributed by atoms with Crippen LogP contribution in [0.4, 0.5) is 23.0 Å². The average Bonchev–Trinajstić information content (AvgIpc) is 3.67. The standard InChI is InChI=1S/C32H28N8O3S/c1-40(2)15-4-7-27(41)35-22-10-8-20(9-11-22)30(42)36-23-5-3-6-24(18-23)37-32-38-26-13-16-44-28(26)31(39-32)43-25-17-21-12-14-33-29(21)34-19-25/h3-14,16-19H,15H2,1-2H3,(H,33,34)(H,35,41)(H,36,42)(H,37,38,39)/b7-4+. The van der Waals surface area contributed by atoms with Crippen LogP contribution >= 0.6 is 11.3 Å². The molecule has 4 aromatic heterocycles. The highest BCUT2D eigenvalue weighted by molar-refractivity contribution is 7.17. The van der Waals surface area contributed by atoms with E-state index in [-0.39, 0.29) is 11.8 Å². The Morgan fingerprint density at radius 2 is 1.82 bits per heavy atom. The van der Waals surface area contributed by atoms with Crippen molar-refractivity contribution in [1.29, 1.82) is 0 Å². The molecule has 4 N–H and O–H groups in total. The summed E-state index contributed by atoms with van der Waals surface area (Å²) in [5.41, 5.74) is 3.83. The van der Waals surface area contributed by atoms with Crippen molar-refractivity contribution in [3.05, 3.63) is 102 Å². The number of H-pyrrole nitrogens is 1. The van der Waals surface area contributed by atoms with Gasteiger partial charge in [0.05, 0.1) is 11.7 Å². The predicted molar refractivity (Wildman–Crippen MR) is 174 cm³/mol. The molecule has 0 aliphatic rings. The lowest BCUT2D eigenvalue weighted by atomic mass is 10.2. The largest absolute Gasteiger partial charge is 0.436 e. The number of rotatable bonds is 10. The molecule has 0 aliphatic carbocycles. The quantitative estimate of drug-likeness (QED) is 0.132. The smallest absolute Gasteiger partial charge is 0.255 e. The highest BCUT2D eigenvalue weighted by Gasteiger charge is 2.13. The maximum Gasteiger partial charge on any atom is 0.255 e. The first kappa shape index (κ1) is 28.5. The van der Waals surface area contributed by atoms with Gasteiger partial charge in [0.2, 0.25) is 17.7 Å². The molecule has 0 spiro atoms. The van der Waals surface area contributed by atoms with E-state index in [1.54, 1.807) is 48.7 Å². The fourth-order valence-electron chi connectivity index (χ4n) is 4.32. The van der Waals surface area contributed by atoms with Crippen LogP contribution in [-0.2, 0) is 4.79 Å². The number of ether oxygens (including phenoxy) is 1. The van der Waals surface area contributed by atoms with Gasteiger partial charge < -0.3 is 30.6 Å². The summed E-state index contributed by atoms with van der Waals surface area (Å²) >= 11 is 1.49. The van der Waals surface area contributed by atoms with E-state index >= 15 is 0 Å². The zero-order valence-corrected chi connectivity index (χ0v) is 24.7. The minimum atomic E-state index is -0.287. The van der Waals surface area contributed by atoms with Crippen molar-refractivity contribution in [2.75, 3.05) is 36.6 Å². The second kappa shape index (κ2) is 12.7. The number of carbonyl (C=O) groups excluding carboxylic acids is 2. The van der Waals surface area contributed by atoms with Crippen molar-refractivity contribution in [1.82, 2.24) is 24.8 Å². The van der Waals surface area contributed by atoms with Crippen molar-refractivity contribution in [2.24, 2.45) is 0 Å². The zero-order chi connectivity index (χ0) is 30.5. The third kappa shape index (κ3) is 6.89. The summed E-state index contributed by atoms with van der Waals surface area (Å²) in [6.07, 6.45) is 6.74. The third-order valence-corrected chi connectivity index (χ3v) is 7.28. The number of thiophene rings is 1. The monoisotopic (exact) mass is 604 g/mol. The number of anilines is 4. The zero-order valence-electron chi connectivity index (χ0n) is 23.9. The number of carbonyl (C=O) groups is 2.